The minimum absolute atomic E-state index is 0.949. The maximum absolute atomic E-state index is 4.36. The molecule has 1 saturated heterocycles. The van der Waals surface area contributed by atoms with Crippen molar-refractivity contribution in [1.82, 2.24) is 15.2 Å². The molecule has 1 aromatic heterocycles. The van der Waals surface area contributed by atoms with Crippen LogP contribution in [0.1, 0.15) is 31.2 Å². The lowest BCUT2D eigenvalue weighted by Gasteiger charge is -2.26. The van der Waals surface area contributed by atoms with Crippen LogP contribution in [0.4, 0.5) is 0 Å². The van der Waals surface area contributed by atoms with E-state index in [4.69, 9.17) is 0 Å². The van der Waals surface area contributed by atoms with Gasteiger partial charge >= 0.3 is 0 Å². The van der Waals surface area contributed by atoms with Gasteiger partial charge in [0.15, 0.2) is 0 Å². The summed E-state index contributed by atoms with van der Waals surface area (Å²) in [6.07, 6.45) is 7.29. The van der Waals surface area contributed by atoms with Crippen molar-refractivity contribution in [2.45, 2.75) is 32.2 Å². The van der Waals surface area contributed by atoms with Gasteiger partial charge in [-0.2, -0.15) is 0 Å². The summed E-state index contributed by atoms with van der Waals surface area (Å²) in [6, 6.07) is 10.6. The number of nitrogens with zero attached hydrogens (tertiary/aromatic N) is 2. The number of likely N-dealkylation sites (tertiary alicyclic amines) is 1. The SMILES string of the molecule is c1cnc2ccc(CNCCCN3CCCCC3)cc2c1. The van der Waals surface area contributed by atoms with Crippen molar-refractivity contribution in [2.75, 3.05) is 26.2 Å². The fourth-order valence-electron chi connectivity index (χ4n) is 3.08. The first-order valence-corrected chi connectivity index (χ1v) is 8.18. The summed E-state index contributed by atoms with van der Waals surface area (Å²) >= 11 is 0. The second-order valence-electron chi connectivity index (χ2n) is 5.96. The van der Waals surface area contributed by atoms with Crippen LogP contribution in [0.25, 0.3) is 10.9 Å². The summed E-state index contributed by atoms with van der Waals surface area (Å²) in [4.78, 5) is 6.96. The standard InChI is InChI=1S/C18H25N3/c1-2-11-21(12-3-1)13-5-9-19-15-16-7-8-18-17(14-16)6-4-10-20-18/h4,6-8,10,14,19H,1-3,5,9,11-13,15H2. The van der Waals surface area contributed by atoms with Crippen LogP contribution in [-0.2, 0) is 6.54 Å². The van der Waals surface area contributed by atoms with Gasteiger partial charge in [-0.1, -0.05) is 18.6 Å². The van der Waals surface area contributed by atoms with Gasteiger partial charge in [0.25, 0.3) is 0 Å². The molecule has 1 aliphatic heterocycles. The van der Waals surface area contributed by atoms with Gasteiger partial charge in [0.05, 0.1) is 5.52 Å². The van der Waals surface area contributed by atoms with Crippen molar-refractivity contribution < 1.29 is 0 Å². The molecule has 3 nitrogen and oxygen atoms in total. The zero-order valence-electron chi connectivity index (χ0n) is 12.7. The van der Waals surface area contributed by atoms with Gasteiger partial charge in [-0.05, 0) is 69.2 Å². The van der Waals surface area contributed by atoms with E-state index in [2.05, 4.69) is 39.5 Å². The largest absolute Gasteiger partial charge is 0.313 e. The first-order chi connectivity index (χ1) is 10.4. The smallest absolute Gasteiger partial charge is 0.0702 e. The van der Waals surface area contributed by atoms with Crippen LogP contribution in [0.2, 0.25) is 0 Å². The van der Waals surface area contributed by atoms with Gasteiger partial charge in [0, 0.05) is 18.1 Å². The van der Waals surface area contributed by atoms with Crippen LogP contribution >= 0.6 is 0 Å². The Kier molecular flexibility index (Phi) is 5.19. The average Bonchev–Trinajstić information content (AvgIpc) is 2.55. The molecular weight excluding hydrogens is 258 g/mol. The van der Waals surface area contributed by atoms with E-state index in [0.29, 0.717) is 0 Å². The van der Waals surface area contributed by atoms with E-state index in [1.54, 1.807) is 0 Å². The van der Waals surface area contributed by atoms with E-state index < -0.39 is 0 Å². The molecule has 0 saturated carbocycles. The molecule has 3 rings (SSSR count). The molecule has 0 unspecified atom stereocenters. The fourth-order valence-corrected chi connectivity index (χ4v) is 3.08. The molecule has 0 bridgehead atoms. The molecule has 0 amide bonds. The number of aromatic nitrogens is 1. The molecule has 3 heteroatoms. The van der Waals surface area contributed by atoms with Gasteiger partial charge in [-0.25, -0.2) is 0 Å². The Hall–Kier alpha value is -1.45. The van der Waals surface area contributed by atoms with Crippen molar-refractivity contribution in [1.29, 1.82) is 0 Å². The van der Waals surface area contributed by atoms with E-state index in [1.807, 2.05) is 12.3 Å². The molecule has 0 radical (unpaired) electrons. The van der Waals surface area contributed by atoms with E-state index in [0.717, 1.165) is 18.6 Å². The molecule has 1 aliphatic rings. The molecule has 1 N–H and O–H groups in total. The van der Waals surface area contributed by atoms with E-state index in [-0.39, 0.29) is 0 Å². The maximum Gasteiger partial charge on any atom is 0.0702 e. The average molecular weight is 283 g/mol. The summed E-state index contributed by atoms with van der Waals surface area (Å²) in [5.74, 6) is 0. The number of hydrogen-bond acceptors (Lipinski definition) is 3. The minimum Gasteiger partial charge on any atom is -0.313 e. The Balaban J connectivity index is 1.39. The first-order valence-electron chi connectivity index (χ1n) is 8.18. The molecule has 1 fully saturated rings. The third kappa shape index (κ3) is 4.26. The number of nitrogens with one attached hydrogen (secondary N) is 1. The molecular formula is C18H25N3. The molecule has 0 atom stereocenters. The Morgan fingerprint density at radius 1 is 1.10 bits per heavy atom. The van der Waals surface area contributed by atoms with Crippen LogP contribution < -0.4 is 5.32 Å². The first kappa shape index (κ1) is 14.5. The minimum atomic E-state index is 0.949. The third-order valence-electron chi connectivity index (χ3n) is 4.27. The molecule has 0 spiro atoms. The Morgan fingerprint density at radius 3 is 2.90 bits per heavy atom. The predicted molar refractivity (Wildman–Crippen MR) is 88.4 cm³/mol. The lowest BCUT2D eigenvalue weighted by Crippen LogP contribution is -2.32. The summed E-state index contributed by atoms with van der Waals surface area (Å²) in [6.45, 7) is 5.90. The molecule has 21 heavy (non-hydrogen) atoms. The van der Waals surface area contributed by atoms with Crippen molar-refractivity contribution in [2.24, 2.45) is 0 Å². The van der Waals surface area contributed by atoms with Gasteiger partial charge < -0.3 is 10.2 Å². The Morgan fingerprint density at radius 2 is 2.00 bits per heavy atom. The quantitative estimate of drug-likeness (QED) is 0.825. The molecule has 2 aromatic rings. The van der Waals surface area contributed by atoms with Crippen LogP contribution in [0.3, 0.4) is 0 Å². The number of rotatable bonds is 6. The predicted octanol–water partition coefficient (Wildman–Crippen LogP) is 3.20. The molecule has 1 aromatic carbocycles. The topological polar surface area (TPSA) is 28.2 Å². The number of piperidine rings is 1. The molecule has 0 aliphatic carbocycles. The summed E-state index contributed by atoms with van der Waals surface area (Å²) < 4.78 is 0. The Labute approximate surface area is 127 Å². The zero-order valence-corrected chi connectivity index (χ0v) is 12.7. The van der Waals surface area contributed by atoms with Crippen molar-refractivity contribution in [3.05, 3.63) is 42.1 Å². The monoisotopic (exact) mass is 283 g/mol. The maximum atomic E-state index is 4.36. The van der Waals surface area contributed by atoms with Crippen LogP contribution in [-0.4, -0.2) is 36.1 Å². The zero-order chi connectivity index (χ0) is 14.3. The highest BCUT2D eigenvalue weighted by Crippen LogP contribution is 2.13. The summed E-state index contributed by atoms with van der Waals surface area (Å²) in [5, 5.41) is 4.79. The van der Waals surface area contributed by atoms with E-state index in [9.17, 15) is 0 Å². The molecule has 2 heterocycles. The summed E-state index contributed by atoms with van der Waals surface area (Å²) in [5.41, 5.74) is 2.42. The second kappa shape index (κ2) is 7.53. The van der Waals surface area contributed by atoms with Crippen LogP contribution in [0.15, 0.2) is 36.5 Å². The highest BCUT2D eigenvalue weighted by atomic mass is 15.1. The fraction of sp³-hybridized carbons (Fsp3) is 0.500. The number of hydrogen-bond donors (Lipinski definition) is 1. The lowest BCUT2D eigenvalue weighted by molar-refractivity contribution is 0.225. The lowest BCUT2D eigenvalue weighted by atomic mass is 10.1. The second-order valence-corrected chi connectivity index (χ2v) is 5.96. The van der Waals surface area contributed by atoms with Crippen molar-refractivity contribution in [3.8, 4) is 0 Å². The Bertz CT molecular complexity index is 561. The van der Waals surface area contributed by atoms with Gasteiger partial charge in [-0.3, -0.25) is 4.98 Å². The number of fused-ring (bicyclic) bond motifs is 1. The normalized spacial score (nSPS) is 16.4. The van der Waals surface area contributed by atoms with Gasteiger partial charge in [-0.15, -0.1) is 0 Å². The third-order valence-corrected chi connectivity index (χ3v) is 4.27. The van der Waals surface area contributed by atoms with Gasteiger partial charge in [0.1, 0.15) is 0 Å². The summed E-state index contributed by atoms with van der Waals surface area (Å²) in [7, 11) is 0. The van der Waals surface area contributed by atoms with E-state index >= 15 is 0 Å². The number of benzene rings is 1. The highest BCUT2D eigenvalue weighted by Gasteiger charge is 2.08. The molecule has 112 valence electrons. The van der Waals surface area contributed by atoms with Crippen molar-refractivity contribution >= 4 is 10.9 Å². The van der Waals surface area contributed by atoms with Crippen molar-refractivity contribution in [3.63, 3.8) is 0 Å². The van der Waals surface area contributed by atoms with Crippen LogP contribution in [0, 0.1) is 0 Å². The highest BCUT2D eigenvalue weighted by molar-refractivity contribution is 5.78. The van der Waals surface area contributed by atoms with E-state index in [1.165, 1.54) is 56.3 Å². The number of pyridine rings is 1. The van der Waals surface area contributed by atoms with Crippen LogP contribution in [0.5, 0.6) is 0 Å². The van der Waals surface area contributed by atoms with Gasteiger partial charge in [0.2, 0.25) is 0 Å².